The van der Waals surface area contributed by atoms with Crippen molar-refractivity contribution in [3.05, 3.63) is 52.7 Å². The van der Waals surface area contributed by atoms with Crippen LogP contribution in [0.25, 0.3) is 0 Å². The third-order valence-corrected chi connectivity index (χ3v) is 3.74. The Balaban J connectivity index is 1.88. The lowest BCUT2D eigenvalue weighted by Crippen LogP contribution is -2.36. The molecule has 4 nitrogen and oxygen atoms in total. The van der Waals surface area contributed by atoms with E-state index in [1.54, 1.807) is 11.3 Å². The number of anilines is 1. The normalized spacial score (nSPS) is 12.2. The van der Waals surface area contributed by atoms with Crippen LogP contribution >= 0.6 is 11.3 Å². The average Bonchev–Trinajstić information content (AvgIpc) is 2.93. The molecule has 0 aliphatic rings. The van der Waals surface area contributed by atoms with E-state index in [0.29, 0.717) is 6.54 Å². The minimum atomic E-state index is -0.182. The molecule has 0 spiro atoms. The Morgan fingerprint density at radius 3 is 2.60 bits per heavy atom. The number of nitrogens with one attached hydrogen (secondary N) is 2. The summed E-state index contributed by atoms with van der Waals surface area (Å²) in [6.45, 7) is 0.572. The fourth-order valence-electron chi connectivity index (χ4n) is 1.95. The fourth-order valence-corrected chi connectivity index (χ4v) is 2.66. The summed E-state index contributed by atoms with van der Waals surface area (Å²) in [7, 11) is 4.03. The van der Waals surface area contributed by atoms with Crippen LogP contribution < -0.4 is 10.6 Å². The van der Waals surface area contributed by atoms with Gasteiger partial charge in [-0.25, -0.2) is 4.79 Å². The predicted molar refractivity (Wildman–Crippen MR) is 84.2 cm³/mol. The van der Waals surface area contributed by atoms with Crippen molar-refractivity contribution in [3.8, 4) is 0 Å². The smallest absolute Gasteiger partial charge is 0.319 e. The number of para-hydroxylation sites is 1. The number of hydrogen-bond donors (Lipinski definition) is 2. The highest BCUT2D eigenvalue weighted by Crippen LogP contribution is 2.19. The van der Waals surface area contributed by atoms with E-state index in [9.17, 15) is 4.79 Å². The largest absolute Gasteiger partial charge is 0.336 e. The first kappa shape index (κ1) is 14.6. The molecule has 0 saturated heterocycles. The van der Waals surface area contributed by atoms with Gasteiger partial charge in [0, 0.05) is 12.2 Å². The van der Waals surface area contributed by atoms with Crippen LogP contribution in [0, 0.1) is 0 Å². The minimum absolute atomic E-state index is 0.182. The van der Waals surface area contributed by atoms with Crippen molar-refractivity contribution in [1.82, 2.24) is 10.2 Å². The molecule has 106 valence electrons. The van der Waals surface area contributed by atoms with E-state index in [1.165, 1.54) is 5.56 Å². The SMILES string of the molecule is CN(C)[C@H](CNC(=O)Nc1ccccc1)c1ccsc1. The van der Waals surface area contributed by atoms with Crippen LogP contribution in [0.5, 0.6) is 0 Å². The van der Waals surface area contributed by atoms with Gasteiger partial charge in [-0.2, -0.15) is 11.3 Å². The maximum atomic E-state index is 11.9. The van der Waals surface area contributed by atoms with Gasteiger partial charge < -0.3 is 15.5 Å². The Hall–Kier alpha value is -1.85. The number of rotatable bonds is 5. The maximum Gasteiger partial charge on any atom is 0.319 e. The number of nitrogens with zero attached hydrogens (tertiary/aromatic N) is 1. The zero-order valence-electron chi connectivity index (χ0n) is 11.7. The van der Waals surface area contributed by atoms with E-state index in [4.69, 9.17) is 0 Å². The highest BCUT2D eigenvalue weighted by atomic mass is 32.1. The predicted octanol–water partition coefficient (Wildman–Crippen LogP) is 3.17. The number of carbonyl (C=O) groups excluding carboxylic acids is 1. The summed E-state index contributed by atoms with van der Waals surface area (Å²) in [5, 5.41) is 9.89. The second-order valence-electron chi connectivity index (χ2n) is 4.74. The number of likely N-dealkylation sites (N-methyl/N-ethyl adjacent to an activating group) is 1. The second-order valence-corrected chi connectivity index (χ2v) is 5.52. The first-order valence-electron chi connectivity index (χ1n) is 6.45. The molecule has 1 atom stereocenters. The number of benzene rings is 1. The van der Waals surface area contributed by atoms with Gasteiger partial charge in [-0.1, -0.05) is 18.2 Å². The van der Waals surface area contributed by atoms with Crippen molar-refractivity contribution in [2.75, 3.05) is 26.0 Å². The van der Waals surface area contributed by atoms with Crippen molar-refractivity contribution in [1.29, 1.82) is 0 Å². The van der Waals surface area contributed by atoms with Gasteiger partial charge in [-0.15, -0.1) is 0 Å². The van der Waals surface area contributed by atoms with Crippen LogP contribution in [-0.4, -0.2) is 31.6 Å². The van der Waals surface area contributed by atoms with Gasteiger partial charge in [0.25, 0.3) is 0 Å². The van der Waals surface area contributed by atoms with Gasteiger partial charge in [0.05, 0.1) is 6.04 Å². The molecule has 2 amide bonds. The van der Waals surface area contributed by atoms with Crippen LogP contribution in [0.1, 0.15) is 11.6 Å². The minimum Gasteiger partial charge on any atom is -0.336 e. The Morgan fingerprint density at radius 2 is 2.00 bits per heavy atom. The molecule has 0 saturated carbocycles. The molecular formula is C15H19N3OS. The summed E-state index contributed by atoms with van der Waals surface area (Å²) < 4.78 is 0. The van der Waals surface area contributed by atoms with E-state index in [-0.39, 0.29) is 12.1 Å². The summed E-state index contributed by atoms with van der Waals surface area (Å²) in [4.78, 5) is 14.0. The summed E-state index contributed by atoms with van der Waals surface area (Å²) >= 11 is 1.67. The van der Waals surface area contributed by atoms with Crippen molar-refractivity contribution < 1.29 is 4.79 Å². The number of hydrogen-bond acceptors (Lipinski definition) is 3. The number of carbonyl (C=O) groups is 1. The van der Waals surface area contributed by atoms with Crippen LogP contribution in [0.4, 0.5) is 10.5 Å². The molecule has 0 aliphatic heterocycles. The first-order valence-corrected chi connectivity index (χ1v) is 7.39. The summed E-state index contributed by atoms with van der Waals surface area (Å²) in [5.74, 6) is 0. The zero-order chi connectivity index (χ0) is 14.4. The van der Waals surface area contributed by atoms with Gasteiger partial charge >= 0.3 is 6.03 Å². The molecule has 2 N–H and O–H groups in total. The highest BCUT2D eigenvalue weighted by Gasteiger charge is 2.15. The number of urea groups is 1. The molecule has 2 rings (SSSR count). The van der Waals surface area contributed by atoms with Crippen LogP contribution in [0.15, 0.2) is 47.2 Å². The quantitative estimate of drug-likeness (QED) is 0.888. The highest BCUT2D eigenvalue weighted by molar-refractivity contribution is 7.07. The van der Waals surface area contributed by atoms with E-state index >= 15 is 0 Å². The van der Waals surface area contributed by atoms with Gasteiger partial charge in [-0.05, 0) is 48.6 Å². The van der Waals surface area contributed by atoms with Crippen LogP contribution in [0.2, 0.25) is 0 Å². The first-order chi connectivity index (χ1) is 9.66. The summed E-state index contributed by atoms with van der Waals surface area (Å²) in [6.07, 6.45) is 0. The van der Waals surface area contributed by atoms with Crippen molar-refractivity contribution in [3.63, 3.8) is 0 Å². The van der Waals surface area contributed by atoms with E-state index in [0.717, 1.165) is 5.69 Å². The third-order valence-electron chi connectivity index (χ3n) is 3.04. The average molecular weight is 289 g/mol. The Kier molecular flexibility index (Phi) is 5.15. The molecule has 0 bridgehead atoms. The van der Waals surface area contributed by atoms with Crippen LogP contribution in [-0.2, 0) is 0 Å². The van der Waals surface area contributed by atoms with E-state index in [1.807, 2.05) is 44.4 Å². The molecule has 0 radical (unpaired) electrons. The molecule has 2 aromatic rings. The second kappa shape index (κ2) is 7.07. The van der Waals surface area contributed by atoms with Gasteiger partial charge in [-0.3, -0.25) is 0 Å². The monoisotopic (exact) mass is 289 g/mol. The molecule has 5 heteroatoms. The Morgan fingerprint density at radius 1 is 1.25 bits per heavy atom. The lowest BCUT2D eigenvalue weighted by molar-refractivity contribution is 0.243. The van der Waals surface area contributed by atoms with E-state index < -0.39 is 0 Å². The summed E-state index contributed by atoms with van der Waals surface area (Å²) in [6, 6.07) is 11.5. The van der Waals surface area contributed by atoms with Gasteiger partial charge in [0.2, 0.25) is 0 Å². The molecule has 20 heavy (non-hydrogen) atoms. The summed E-state index contributed by atoms with van der Waals surface area (Å²) in [5.41, 5.74) is 2.02. The number of thiophene rings is 1. The van der Waals surface area contributed by atoms with Crippen molar-refractivity contribution >= 4 is 23.1 Å². The molecular weight excluding hydrogens is 270 g/mol. The third kappa shape index (κ3) is 4.08. The van der Waals surface area contributed by atoms with Crippen molar-refractivity contribution in [2.45, 2.75) is 6.04 Å². The molecule has 0 unspecified atom stereocenters. The fraction of sp³-hybridized carbons (Fsp3) is 0.267. The lowest BCUT2D eigenvalue weighted by Gasteiger charge is -2.24. The molecule has 0 fully saturated rings. The zero-order valence-corrected chi connectivity index (χ0v) is 12.5. The van der Waals surface area contributed by atoms with E-state index in [2.05, 4.69) is 32.4 Å². The lowest BCUT2D eigenvalue weighted by atomic mass is 10.1. The van der Waals surface area contributed by atoms with Gasteiger partial charge in [0.15, 0.2) is 0 Å². The topological polar surface area (TPSA) is 44.4 Å². The molecule has 1 aromatic heterocycles. The maximum absolute atomic E-state index is 11.9. The number of amides is 2. The standard InChI is InChI=1S/C15H19N3OS/c1-18(2)14(12-8-9-20-11-12)10-16-15(19)17-13-6-4-3-5-7-13/h3-9,11,14H,10H2,1-2H3,(H2,16,17,19)/t14-/m1/s1. The van der Waals surface area contributed by atoms with Crippen LogP contribution in [0.3, 0.4) is 0 Å². The van der Waals surface area contributed by atoms with Crippen molar-refractivity contribution in [2.24, 2.45) is 0 Å². The Bertz CT molecular complexity index is 525. The molecule has 1 heterocycles. The Labute approximate surface area is 123 Å². The molecule has 1 aromatic carbocycles. The van der Waals surface area contributed by atoms with Gasteiger partial charge in [0.1, 0.15) is 0 Å². The molecule has 0 aliphatic carbocycles.